The molecule has 0 aromatic heterocycles. The average molecular weight is 409 g/mol. The molecule has 1 aliphatic carbocycles. The largest absolute Gasteiger partial charge is 0.340 e. The maximum atomic E-state index is 12.9. The summed E-state index contributed by atoms with van der Waals surface area (Å²) in [5.41, 5.74) is 0. The van der Waals surface area contributed by atoms with Crippen molar-refractivity contribution >= 4 is 28.5 Å². The molecule has 0 bridgehead atoms. The first kappa shape index (κ1) is 21.9. The third-order valence-corrected chi connectivity index (χ3v) is 8.06. The number of rotatable bonds is 4. The Morgan fingerprint density at radius 2 is 1.54 bits per heavy atom. The number of carbonyl (C=O) groups excluding carboxylic acids is 1. The number of piperazine rings is 1. The van der Waals surface area contributed by atoms with Crippen molar-refractivity contribution in [3.8, 4) is 0 Å². The number of nitrogens with one attached hydrogen (secondary N) is 1. The molecule has 1 saturated carbocycles. The van der Waals surface area contributed by atoms with Crippen LogP contribution in [0.4, 0.5) is 0 Å². The van der Waals surface area contributed by atoms with E-state index in [0.29, 0.717) is 26.2 Å². The molecule has 1 amide bonds. The molecule has 2 aliphatic heterocycles. The zero-order valence-corrected chi connectivity index (χ0v) is 17.4. The quantitative estimate of drug-likeness (QED) is 0.754. The molecule has 2 saturated heterocycles. The highest BCUT2D eigenvalue weighted by atomic mass is 35.5. The van der Waals surface area contributed by atoms with Crippen LogP contribution in [0, 0.1) is 5.92 Å². The number of hydrogen-bond acceptors (Lipinski definition) is 4. The Morgan fingerprint density at radius 3 is 2.12 bits per heavy atom. The molecular weight excluding hydrogens is 376 g/mol. The topological polar surface area (TPSA) is 73.0 Å². The fourth-order valence-corrected chi connectivity index (χ4v) is 5.86. The lowest BCUT2D eigenvalue weighted by Crippen LogP contribution is -2.56. The molecule has 3 aliphatic rings. The van der Waals surface area contributed by atoms with Gasteiger partial charge in [-0.2, -0.15) is 17.0 Å². The van der Waals surface area contributed by atoms with Crippen molar-refractivity contribution in [3.63, 3.8) is 0 Å². The van der Waals surface area contributed by atoms with Gasteiger partial charge in [-0.1, -0.05) is 19.3 Å². The minimum Gasteiger partial charge on any atom is -0.340 e. The van der Waals surface area contributed by atoms with Gasteiger partial charge in [0, 0.05) is 45.2 Å². The van der Waals surface area contributed by atoms with Crippen molar-refractivity contribution in [2.45, 2.75) is 51.0 Å². The minimum absolute atomic E-state index is 0. The van der Waals surface area contributed by atoms with Crippen molar-refractivity contribution in [1.29, 1.82) is 0 Å². The van der Waals surface area contributed by atoms with Gasteiger partial charge in [0.25, 0.3) is 10.2 Å². The second kappa shape index (κ2) is 9.68. The van der Waals surface area contributed by atoms with Crippen LogP contribution in [0.3, 0.4) is 0 Å². The molecule has 3 fully saturated rings. The fourth-order valence-electron chi connectivity index (χ4n) is 4.28. The van der Waals surface area contributed by atoms with Crippen LogP contribution in [0.2, 0.25) is 0 Å². The molecule has 0 radical (unpaired) electrons. The Balaban J connectivity index is 0.00000243. The van der Waals surface area contributed by atoms with E-state index in [-0.39, 0.29) is 30.3 Å². The number of halogens is 1. The fraction of sp³-hybridized carbons (Fsp3) is 0.941. The van der Waals surface area contributed by atoms with E-state index < -0.39 is 10.2 Å². The summed E-state index contributed by atoms with van der Waals surface area (Å²) in [6, 6.07) is 0.133. The van der Waals surface area contributed by atoms with E-state index in [9.17, 15) is 13.2 Å². The highest BCUT2D eigenvalue weighted by Gasteiger charge is 2.36. The number of nitrogens with zero attached hydrogens (tertiary/aromatic N) is 3. The average Bonchev–Trinajstić information content (AvgIpc) is 2.68. The van der Waals surface area contributed by atoms with E-state index >= 15 is 0 Å². The summed E-state index contributed by atoms with van der Waals surface area (Å²) >= 11 is 0. The Bertz CT molecular complexity index is 554. The van der Waals surface area contributed by atoms with Crippen LogP contribution in [0.25, 0.3) is 0 Å². The summed E-state index contributed by atoms with van der Waals surface area (Å²) in [4.78, 5) is 14.5. The second-order valence-electron chi connectivity index (χ2n) is 7.56. The molecular formula is C17H33ClN4O3S. The lowest BCUT2D eigenvalue weighted by Gasteiger charge is -2.39. The molecule has 2 heterocycles. The van der Waals surface area contributed by atoms with Gasteiger partial charge in [0.1, 0.15) is 0 Å². The van der Waals surface area contributed by atoms with Crippen LogP contribution in [0.5, 0.6) is 0 Å². The highest BCUT2D eigenvalue weighted by Crippen LogP contribution is 2.25. The first-order chi connectivity index (χ1) is 12.0. The van der Waals surface area contributed by atoms with E-state index in [1.54, 1.807) is 15.7 Å². The lowest BCUT2D eigenvalue weighted by atomic mass is 9.96. The predicted molar refractivity (Wildman–Crippen MR) is 105 cm³/mol. The Labute approximate surface area is 164 Å². The van der Waals surface area contributed by atoms with Gasteiger partial charge in [0.2, 0.25) is 5.91 Å². The first-order valence-electron chi connectivity index (χ1n) is 9.73. The third kappa shape index (κ3) is 4.90. The maximum absolute atomic E-state index is 12.9. The van der Waals surface area contributed by atoms with Gasteiger partial charge >= 0.3 is 0 Å². The molecule has 3 rings (SSSR count). The van der Waals surface area contributed by atoms with Crippen LogP contribution >= 0.6 is 12.4 Å². The molecule has 0 atom stereocenters. The Hall–Kier alpha value is -0.410. The van der Waals surface area contributed by atoms with Gasteiger partial charge in [0.05, 0.1) is 0 Å². The van der Waals surface area contributed by atoms with Crippen molar-refractivity contribution in [2.24, 2.45) is 5.92 Å². The van der Waals surface area contributed by atoms with Crippen molar-refractivity contribution in [2.75, 3.05) is 46.3 Å². The second-order valence-corrected chi connectivity index (χ2v) is 9.55. The molecule has 0 aromatic rings. The molecule has 1 N–H and O–H groups in total. The van der Waals surface area contributed by atoms with E-state index in [4.69, 9.17) is 0 Å². The summed E-state index contributed by atoms with van der Waals surface area (Å²) < 4.78 is 28.9. The van der Waals surface area contributed by atoms with Gasteiger partial charge in [-0.05, 0) is 38.8 Å². The molecule has 0 aromatic carbocycles. The number of piperidine rings is 1. The number of amides is 1. The standard InChI is InChI=1S/C17H32N4O3S.ClH/c1-19(16-5-3-2-4-6-16)25(23,24)21-13-11-20(12-14-21)17(22)15-7-9-18-10-8-15;/h15-16,18H,2-14H2,1H3;1H. The van der Waals surface area contributed by atoms with Crippen LogP contribution < -0.4 is 5.32 Å². The Morgan fingerprint density at radius 1 is 0.962 bits per heavy atom. The summed E-state index contributed by atoms with van der Waals surface area (Å²) in [6.45, 7) is 3.65. The summed E-state index contributed by atoms with van der Waals surface area (Å²) in [5.74, 6) is 0.313. The van der Waals surface area contributed by atoms with Gasteiger partial charge in [0.15, 0.2) is 0 Å². The van der Waals surface area contributed by atoms with E-state index in [2.05, 4.69) is 5.32 Å². The van der Waals surface area contributed by atoms with Gasteiger partial charge in [-0.15, -0.1) is 12.4 Å². The number of hydrogen-bond donors (Lipinski definition) is 1. The molecule has 7 nitrogen and oxygen atoms in total. The van der Waals surface area contributed by atoms with E-state index in [0.717, 1.165) is 51.6 Å². The zero-order chi connectivity index (χ0) is 17.9. The van der Waals surface area contributed by atoms with Crippen LogP contribution in [0.15, 0.2) is 0 Å². The van der Waals surface area contributed by atoms with Crippen LogP contribution in [-0.4, -0.2) is 80.2 Å². The molecule has 0 spiro atoms. The van der Waals surface area contributed by atoms with Crippen molar-refractivity contribution in [1.82, 2.24) is 18.8 Å². The summed E-state index contributed by atoms with van der Waals surface area (Å²) in [5, 5.41) is 3.28. The Kier molecular flexibility index (Phi) is 8.15. The maximum Gasteiger partial charge on any atom is 0.282 e. The summed E-state index contributed by atoms with van der Waals surface area (Å²) in [7, 11) is -1.70. The first-order valence-corrected chi connectivity index (χ1v) is 11.1. The van der Waals surface area contributed by atoms with E-state index in [1.165, 1.54) is 6.42 Å². The highest BCUT2D eigenvalue weighted by molar-refractivity contribution is 7.86. The zero-order valence-electron chi connectivity index (χ0n) is 15.7. The lowest BCUT2D eigenvalue weighted by molar-refractivity contribution is -0.137. The van der Waals surface area contributed by atoms with Crippen molar-refractivity contribution < 1.29 is 13.2 Å². The summed E-state index contributed by atoms with van der Waals surface area (Å²) in [6.07, 6.45) is 7.14. The van der Waals surface area contributed by atoms with Gasteiger partial charge in [-0.25, -0.2) is 0 Å². The normalized spacial score (nSPS) is 24.5. The molecule has 0 unspecified atom stereocenters. The SMILES string of the molecule is CN(C1CCCCC1)S(=O)(=O)N1CCN(C(=O)C2CCNCC2)CC1.Cl. The third-order valence-electron chi connectivity index (χ3n) is 6.02. The molecule has 9 heteroatoms. The predicted octanol–water partition coefficient (Wildman–Crippen LogP) is 1.06. The minimum atomic E-state index is -3.42. The van der Waals surface area contributed by atoms with E-state index in [1.807, 2.05) is 4.90 Å². The van der Waals surface area contributed by atoms with Crippen LogP contribution in [0.1, 0.15) is 44.9 Å². The molecule has 26 heavy (non-hydrogen) atoms. The van der Waals surface area contributed by atoms with Gasteiger partial charge in [-0.3, -0.25) is 4.79 Å². The monoisotopic (exact) mass is 408 g/mol. The van der Waals surface area contributed by atoms with Crippen molar-refractivity contribution in [3.05, 3.63) is 0 Å². The molecule has 152 valence electrons. The number of carbonyl (C=O) groups is 1. The van der Waals surface area contributed by atoms with Gasteiger partial charge < -0.3 is 10.2 Å². The smallest absolute Gasteiger partial charge is 0.282 e. The van der Waals surface area contributed by atoms with Crippen LogP contribution in [-0.2, 0) is 15.0 Å².